The molecule has 0 bridgehead atoms. The van der Waals surface area contributed by atoms with Crippen LogP contribution in [0.4, 0.5) is 13.9 Å². The highest BCUT2D eigenvalue weighted by Crippen LogP contribution is 2.43. The van der Waals surface area contributed by atoms with Crippen molar-refractivity contribution in [3.8, 4) is 0 Å². The highest BCUT2D eigenvalue weighted by Gasteiger charge is 2.43. The van der Waals surface area contributed by atoms with Gasteiger partial charge in [-0.2, -0.15) is 0 Å². The molecule has 1 saturated carbocycles. The Morgan fingerprint density at radius 1 is 1.47 bits per heavy atom. The summed E-state index contributed by atoms with van der Waals surface area (Å²) in [6.07, 6.45) is 1.30. The first kappa shape index (κ1) is 13.0. The lowest BCUT2D eigenvalue weighted by Crippen LogP contribution is -2.23. The van der Waals surface area contributed by atoms with Gasteiger partial charge < -0.3 is 4.90 Å². The molecule has 0 aliphatic heterocycles. The fourth-order valence-electron chi connectivity index (χ4n) is 1.82. The Balaban J connectivity index is 1.89. The fourth-order valence-corrected chi connectivity index (χ4v) is 3.84. The number of rotatable bonds is 4. The summed E-state index contributed by atoms with van der Waals surface area (Å²) < 4.78 is 27.6. The number of anilines is 1. The van der Waals surface area contributed by atoms with Gasteiger partial charge in [-0.25, -0.2) is 8.78 Å². The molecule has 0 saturated heterocycles. The molecule has 1 atom stereocenters. The summed E-state index contributed by atoms with van der Waals surface area (Å²) in [5, 5.41) is 8.79. The average Bonchev–Trinajstić information content (AvgIpc) is 2.81. The minimum absolute atomic E-state index is 0.0390. The Morgan fingerprint density at radius 2 is 2.24 bits per heavy atom. The third-order valence-electron chi connectivity index (χ3n) is 2.85. The Hall–Kier alpha value is -0.430. The van der Waals surface area contributed by atoms with Crippen molar-refractivity contribution >= 4 is 28.2 Å². The third kappa shape index (κ3) is 3.07. The largest absolute Gasteiger partial charge is 0.353 e. The molecule has 1 fully saturated rings. The number of hydrogen-bond acceptors (Lipinski definition) is 5. The van der Waals surface area contributed by atoms with E-state index < -0.39 is 11.8 Å². The number of aromatic nitrogens is 2. The number of alkyl halides is 2. The maximum atomic E-state index is 13.4. The van der Waals surface area contributed by atoms with E-state index >= 15 is 0 Å². The Labute approximate surface area is 108 Å². The van der Waals surface area contributed by atoms with Crippen molar-refractivity contribution in [3.63, 3.8) is 0 Å². The maximum absolute atomic E-state index is 13.4. The van der Waals surface area contributed by atoms with E-state index in [-0.39, 0.29) is 6.42 Å². The molecule has 0 spiro atoms. The lowest BCUT2D eigenvalue weighted by Gasteiger charge is -2.17. The molecule has 1 aliphatic rings. The molecular formula is C10H15F2N3S2. The highest BCUT2D eigenvalue weighted by molar-refractivity contribution is 8.01. The van der Waals surface area contributed by atoms with Gasteiger partial charge in [0.2, 0.25) is 5.13 Å². The van der Waals surface area contributed by atoms with Gasteiger partial charge in [0.05, 0.1) is 0 Å². The van der Waals surface area contributed by atoms with Crippen molar-refractivity contribution in [3.05, 3.63) is 0 Å². The molecule has 0 aromatic carbocycles. The number of thioether (sulfide) groups is 1. The molecule has 2 rings (SSSR count). The van der Waals surface area contributed by atoms with E-state index in [1.807, 2.05) is 19.0 Å². The molecule has 1 aliphatic carbocycles. The lowest BCUT2D eigenvalue weighted by molar-refractivity contribution is -0.0282. The Kier molecular flexibility index (Phi) is 3.87. The van der Waals surface area contributed by atoms with Crippen LogP contribution >= 0.6 is 23.1 Å². The SMILES string of the molecule is CN(C)c1nnc(SCC2CCCC2(F)F)s1. The predicted octanol–water partition coefficient (Wildman–Crippen LogP) is 3.13. The van der Waals surface area contributed by atoms with Crippen LogP contribution in [-0.4, -0.2) is 36.0 Å². The van der Waals surface area contributed by atoms with E-state index in [0.29, 0.717) is 18.6 Å². The average molecular weight is 279 g/mol. The maximum Gasteiger partial charge on any atom is 0.251 e. The second kappa shape index (κ2) is 5.06. The van der Waals surface area contributed by atoms with Gasteiger partial charge in [-0.1, -0.05) is 23.1 Å². The van der Waals surface area contributed by atoms with Crippen molar-refractivity contribution < 1.29 is 8.78 Å². The summed E-state index contributed by atoms with van der Waals surface area (Å²) in [6, 6.07) is 0. The van der Waals surface area contributed by atoms with Crippen LogP contribution < -0.4 is 4.90 Å². The standard InChI is InChI=1S/C10H15F2N3S2/c1-15(2)8-13-14-9(17-8)16-6-7-4-3-5-10(7,11)12/h7H,3-6H2,1-2H3. The number of nitrogens with zero attached hydrogens (tertiary/aromatic N) is 3. The van der Waals surface area contributed by atoms with Crippen LogP contribution in [0.2, 0.25) is 0 Å². The van der Waals surface area contributed by atoms with Crippen LogP contribution in [0, 0.1) is 5.92 Å². The fraction of sp³-hybridized carbons (Fsp3) is 0.800. The molecule has 17 heavy (non-hydrogen) atoms. The molecule has 3 nitrogen and oxygen atoms in total. The van der Waals surface area contributed by atoms with Crippen molar-refractivity contribution in [2.45, 2.75) is 29.5 Å². The first-order valence-electron chi connectivity index (χ1n) is 5.50. The zero-order valence-electron chi connectivity index (χ0n) is 9.82. The van der Waals surface area contributed by atoms with Gasteiger partial charge in [-0.05, 0) is 12.8 Å². The third-order valence-corrected chi connectivity index (χ3v) is 5.23. The molecule has 7 heteroatoms. The lowest BCUT2D eigenvalue weighted by atomic mass is 10.1. The zero-order chi connectivity index (χ0) is 12.5. The first-order valence-corrected chi connectivity index (χ1v) is 7.31. The molecule has 1 unspecified atom stereocenters. The molecule has 1 aromatic heterocycles. The molecule has 1 heterocycles. The van der Waals surface area contributed by atoms with Gasteiger partial charge in [0.15, 0.2) is 4.34 Å². The van der Waals surface area contributed by atoms with Crippen LogP contribution in [0.5, 0.6) is 0 Å². The van der Waals surface area contributed by atoms with Crippen LogP contribution in [0.1, 0.15) is 19.3 Å². The van der Waals surface area contributed by atoms with Crippen LogP contribution in [0.15, 0.2) is 4.34 Å². The van der Waals surface area contributed by atoms with Gasteiger partial charge in [0.25, 0.3) is 5.92 Å². The number of hydrogen-bond donors (Lipinski definition) is 0. The molecule has 96 valence electrons. The second-order valence-corrected chi connectivity index (χ2v) is 6.63. The van der Waals surface area contributed by atoms with E-state index in [2.05, 4.69) is 10.2 Å². The predicted molar refractivity (Wildman–Crippen MR) is 67.2 cm³/mol. The van der Waals surface area contributed by atoms with Crippen LogP contribution in [0.3, 0.4) is 0 Å². The summed E-state index contributed by atoms with van der Waals surface area (Å²) in [5.74, 6) is -2.55. The Bertz CT molecular complexity index is 381. The summed E-state index contributed by atoms with van der Waals surface area (Å²) in [4.78, 5) is 1.87. The van der Waals surface area contributed by atoms with Gasteiger partial charge in [0, 0.05) is 32.2 Å². The van der Waals surface area contributed by atoms with Crippen molar-refractivity contribution in [2.24, 2.45) is 5.92 Å². The van der Waals surface area contributed by atoms with Crippen LogP contribution in [-0.2, 0) is 0 Å². The summed E-state index contributed by atoms with van der Waals surface area (Å²) in [7, 11) is 3.78. The minimum atomic E-state index is -2.48. The topological polar surface area (TPSA) is 29.0 Å². The normalized spacial score (nSPS) is 22.9. The quantitative estimate of drug-likeness (QED) is 0.792. The zero-order valence-corrected chi connectivity index (χ0v) is 11.5. The van der Waals surface area contributed by atoms with Gasteiger partial charge >= 0.3 is 0 Å². The van der Waals surface area contributed by atoms with E-state index in [0.717, 1.165) is 9.47 Å². The Morgan fingerprint density at radius 3 is 2.76 bits per heavy atom. The van der Waals surface area contributed by atoms with Gasteiger partial charge in [-0.3, -0.25) is 0 Å². The van der Waals surface area contributed by atoms with E-state index in [1.165, 1.54) is 23.1 Å². The highest BCUT2D eigenvalue weighted by atomic mass is 32.2. The summed E-state index contributed by atoms with van der Waals surface area (Å²) in [6.45, 7) is 0. The second-order valence-electron chi connectivity index (χ2n) is 4.41. The van der Waals surface area contributed by atoms with Gasteiger partial charge in [-0.15, -0.1) is 10.2 Å². The summed E-state index contributed by atoms with van der Waals surface area (Å²) in [5.41, 5.74) is 0. The smallest absolute Gasteiger partial charge is 0.251 e. The molecule has 1 aromatic rings. The van der Waals surface area contributed by atoms with E-state index in [4.69, 9.17) is 0 Å². The van der Waals surface area contributed by atoms with E-state index in [1.54, 1.807) is 0 Å². The van der Waals surface area contributed by atoms with Crippen molar-refractivity contribution in [1.82, 2.24) is 10.2 Å². The van der Waals surface area contributed by atoms with Crippen molar-refractivity contribution in [1.29, 1.82) is 0 Å². The van der Waals surface area contributed by atoms with Gasteiger partial charge in [0.1, 0.15) is 0 Å². The summed E-state index contributed by atoms with van der Waals surface area (Å²) >= 11 is 2.84. The molecule has 0 amide bonds. The van der Waals surface area contributed by atoms with E-state index in [9.17, 15) is 8.78 Å². The van der Waals surface area contributed by atoms with Crippen LogP contribution in [0.25, 0.3) is 0 Å². The first-order chi connectivity index (χ1) is 7.99. The molecule has 0 N–H and O–H groups in total. The monoisotopic (exact) mass is 279 g/mol. The number of halogens is 2. The molecular weight excluding hydrogens is 264 g/mol. The minimum Gasteiger partial charge on any atom is -0.353 e. The molecule has 0 radical (unpaired) electrons. The van der Waals surface area contributed by atoms with Crippen molar-refractivity contribution in [2.75, 3.05) is 24.7 Å².